The van der Waals surface area contributed by atoms with Gasteiger partial charge < -0.3 is 5.32 Å². The monoisotopic (exact) mass is 307 g/mol. The van der Waals surface area contributed by atoms with Crippen LogP contribution in [0.1, 0.15) is 18.0 Å². The summed E-state index contributed by atoms with van der Waals surface area (Å²) in [5.41, 5.74) is 1.65. The molecular weight excluding hydrogens is 294 g/mol. The molecule has 1 aliphatic rings. The highest BCUT2D eigenvalue weighted by Gasteiger charge is 2.29. The van der Waals surface area contributed by atoms with Gasteiger partial charge in [0.05, 0.1) is 27.4 Å². The van der Waals surface area contributed by atoms with Crippen LogP contribution < -0.4 is 5.32 Å². The lowest BCUT2D eigenvalue weighted by molar-refractivity contribution is 0.576. The maximum absolute atomic E-state index is 12.1. The molecule has 0 aromatic heterocycles. The molecule has 0 bridgehead atoms. The highest BCUT2D eigenvalue weighted by Crippen LogP contribution is 2.35. The van der Waals surface area contributed by atoms with E-state index in [4.69, 9.17) is 11.6 Å². The van der Waals surface area contributed by atoms with Crippen molar-refractivity contribution in [2.45, 2.75) is 17.4 Å². The average molecular weight is 308 g/mol. The van der Waals surface area contributed by atoms with Gasteiger partial charge in [-0.2, -0.15) is 0 Å². The number of nitrogens with one attached hydrogen (secondary N) is 1. The fourth-order valence-electron chi connectivity index (χ4n) is 2.51. The minimum absolute atomic E-state index is 0.0328. The van der Waals surface area contributed by atoms with Crippen LogP contribution in [0.2, 0.25) is 5.02 Å². The third kappa shape index (κ3) is 2.41. The molecule has 3 nitrogen and oxygen atoms in total. The summed E-state index contributed by atoms with van der Waals surface area (Å²) in [4.78, 5) is 0.427. The molecule has 3 rings (SSSR count). The van der Waals surface area contributed by atoms with Crippen LogP contribution in [0.3, 0.4) is 0 Å². The second-order valence-corrected chi connectivity index (χ2v) is 7.31. The van der Waals surface area contributed by atoms with Crippen LogP contribution >= 0.6 is 11.6 Å². The SMILES string of the molecule is O=S1(=O)CCC(Nc2ccccc2Cl)c2ccccc21. The van der Waals surface area contributed by atoms with Gasteiger partial charge in [-0.25, -0.2) is 8.42 Å². The van der Waals surface area contributed by atoms with Crippen molar-refractivity contribution in [2.24, 2.45) is 0 Å². The summed E-state index contributed by atoms with van der Waals surface area (Å²) in [6, 6.07) is 14.6. The van der Waals surface area contributed by atoms with Gasteiger partial charge >= 0.3 is 0 Å². The Morgan fingerprint density at radius 3 is 2.55 bits per heavy atom. The summed E-state index contributed by atoms with van der Waals surface area (Å²) in [5.74, 6) is 0.159. The topological polar surface area (TPSA) is 46.2 Å². The van der Waals surface area contributed by atoms with Crippen LogP contribution in [0, 0.1) is 0 Å². The number of hydrogen-bond acceptors (Lipinski definition) is 3. The fourth-order valence-corrected chi connectivity index (χ4v) is 4.32. The molecule has 1 N–H and O–H groups in total. The lowest BCUT2D eigenvalue weighted by Crippen LogP contribution is -2.24. The number of benzene rings is 2. The normalized spacial score (nSPS) is 20.1. The molecule has 0 fully saturated rings. The van der Waals surface area contributed by atoms with Gasteiger partial charge in [0.15, 0.2) is 9.84 Å². The minimum atomic E-state index is -3.15. The van der Waals surface area contributed by atoms with E-state index in [1.165, 1.54) is 0 Å². The molecule has 0 radical (unpaired) electrons. The van der Waals surface area contributed by atoms with E-state index in [-0.39, 0.29) is 11.8 Å². The van der Waals surface area contributed by atoms with Crippen molar-refractivity contribution in [1.82, 2.24) is 0 Å². The van der Waals surface area contributed by atoms with Gasteiger partial charge in [-0.1, -0.05) is 41.9 Å². The van der Waals surface area contributed by atoms with E-state index in [2.05, 4.69) is 5.32 Å². The standard InChI is InChI=1S/C15H14ClNO2S/c16-12-6-2-3-7-14(12)17-13-9-10-20(18,19)15-8-4-1-5-11(13)15/h1-8,13,17H,9-10H2. The summed E-state index contributed by atoms with van der Waals surface area (Å²) < 4.78 is 24.2. The van der Waals surface area contributed by atoms with E-state index in [9.17, 15) is 8.42 Å². The van der Waals surface area contributed by atoms with Crippen LogP contribution in [0.25, 0.3) is 0 Å². The second kappa shape index (κ2) is 5.11. The first-order valence-electron chi connectivity index (χ1n) is 6.41. The van der Waals surface area contributed by atoms with Crippen molar-refractivity contribution in [3.8, 4) is 0 Å². The Balaban J connectivity index is 1.99. The van der Waals surface area contributed by atoms with Gasteiger partial charge in [0, 0.05) is 0 Å². The number of halogens is 1. The molecule has 0 amide bonds. The summed E-state index contributed by atoms with van der Waals surface area (Å²) in [5, 5.41) is 3.98. The van der Waals surface area contributed by atoms with Crippen LogP contribution in [-0.2, 0) is 9.84 Å². The Kier molecular flexibility index (Phi) is 3.44. The number of para-hydroxylation sites is 1. The maximum atomic E-state index is 12.1. The summed E-state index contributed by atoms with van der Waals surface area (Å²) in [7, 11) is -3.15. The Bertz CT molecular complexity index is 743. The molecule has 1 atom stereocenters. The van der Waals surface area contributed by atoms with E-state index >= 15 is 0 Å². The molecule has 0 spiro atoms. The largest absolute Gasteiger partial charge is 0.377 e. The summed E-state index contributed by atoms with van der Waals surface area (Å²) in [6.45, 7) is 0. The highest BCUT2D eigenvalue weighted by atomic mass is 35.5. The minimum Gasteiger partial charge on any atom is -0.377 e. The number of sulfone groups is 1. The predicted molar refractivity (Wildman–Crippen MR) is 80.9 cm³/mol. The van der Waals surface area contributed by atoms with Crippen molar-refractivity contribution in [3.05, 3.63) is 59.1 Å². The molecule has 104 valence electrons. The quantitative estimate of drug-likeness (QED) is 0.921. The Morgan fingerprint density at radius 2 is 1.75 bits per heavy atom. The van der Waals surface area contributed by atoms with Crippen LogP contribution in [0.15, 0.2) is 53.4 Å². The van der Waals surface area contributed by atoms with Crippen molar-refractivity contribution >= 4 is 27.1 Å². The second-order valence-electron chi connectivity index (χ2n) is 4.82. The fraction of sp³-hybridized carbons (Fsp3) is 0.200. The van der Waals surface area contributed by atoms with Crippen LogP contribution in [0.5, 0.6) is 0 Å². The first-order chi connectivity index (χ1) is 9.58. The van der Waals surface area contributed by atoms with Crippen molar-refractivity contribution < 1.29 is 8.42 Å². The van der Waals surface area contributed by atoms with Crippen molar-refractivity contribution in [3.63, 3.8) is 0 Å². The lowest BCUT2D eigenvalue weighted by atomic mass is 10.0. The molecule has 0 saturated carbocycles. The molecule has 5 heteroatoms. The van der Waals surface area contributed by atoms with Gasteiger partial charge in [-0.05, 0) is 30.2 Å². The van der Waals surface area contributed by atoms with Crippen molar-refractivity contribution in [2.75, 3.05) is 11.1 Å². The van der Waals surface area contributed by atoms with Gasteiger partial charge in [0.2, 0.25) is 0 Å². The van der Waals surface area contributed by atoms with E-state index < -0.39 is 9.84 Å². The zero-order chi connectivity index (χ0) is 14.2. The zero-order valence-corrected chi connectivity index (χ0v) is 12.3. The first-order valence-corrected chi connectivity index (χ1v) is 8.44. The summed E-state index contributed by atoms with van der Waals surface area (Å²) in [6.07, 6.45) is 0.546. The van der Waals surface area contributed by atoms with Crippen LogP contribution in [-0.4, -0.2) is 14.2 Å². The molecule has 20 heavy (non-hydrogen) atoms. The first kappa shape index (κ1) is 13.5. The van der Waals surface area contributed by atoms with Crippen molar-refractivity contribution in [1.29, 1.82) is 0 Å². The Hall–Kier alpha value is -1.52. The highest BCUT2D eigenvalue weighted by molar-refractivity contribution is 7.91. The molecule has 1 unspecified atom stereocenters. The maximum Gasteiger partial charge on any atom is 0.178 e. The molecule has 0 saturated heterocycles. The van der Waals surface area contributed by atoms with E-state index in [0.717, 1.165) is 11.3 Å². The van der Waals surface area contributed by atoms with Gasteiger partial charge in [0.25, 0.3) is 0 Å². The molecule has 0 aliphatic carbocycles. The van der Waals surface area contributed by atoms with Gasteiger partial charge in [0.1, 0.15) is 0 Å². The molecule has 1 aliphatic heterocycles. The van der Waals surface area contributed by atoms with Gasteiger partial charge in [-0.3, -0.25) is 0 Å². The van der Waals surface area contributed by atoms with Gasteiger partial charge in [-0.15, -0.1) is 0 Å². The Morgan fingerprint density at radius 1 is 1.05 bits per heavy atom. The van der Waals surface area contributed by atoms with E-state index in [1.807, 2.05) is 36.4 Å². The smallest absolute Gasteiger partial charge is 0.178 e. The van der Waals surface area contributed by atoms with E-state index in [1.54, 1.807) is 12.1 Å². The average Bonchev–Trinajstić information content (AvgIpc) is 2.44. The third-order valence-electron chi connectivity index (χ3n) is 3.51. The van der Waals surface area contributed by atoms with Crippen LogP contribution in [0.4, 0.5) is 5.69 Å². The number of fused-ring (bicyclic) bond motifs is 1. The Labute approximate surface area is 123 Å². The number of anilines is 1. The molecule has 1 heterocycles. The molecular formula is C15H14ClNO2S. The number of hydrogen-bond donors (Lipinski definition) is 1. The van der Waals surface area contributed by atoms with E-state index in [0.29, 0.717) is 16.3 Å². The zero-order valence-electron chi connectivity index (χ0n) is 10.7. The lowest BCUT2D eigenvalue weighted by Gasteiger charge is -2.27. The predicted octanol–water partition coefficient (Wildman–Crippen LogP) is 3.67. The molecule has 2 aromatic carbocycles. The summed E-state index contributed by atoms with van der Waals surface area (Å²) >= 11 is 6.15. The third-order valence-corrected chi connectivity index (χ3v) is 5.65. The number of rotatable bonds is 2. The molecule has 2 aromatic rings.